The van der Waals surface area contributed by atoms with Crippen LogP contribution in [0.25, 0.3) is 0 Å². The third-order valence-corrected chi connectivity index (χ3v) is 2.81. The predicted molar refractivity (Wildman–Crippen MR) is 73.5 cm³/mol. The molecule has 0 fully saturated rings. The molecule has 1 aromatic carbocycles. The molecule has 1 heterocycles. The minimum absolute atomic E-state index is 0.424. The number of anilines is 2. The molecule has 0 aliphatic rings. The molecule has 0 spiro atoms. The first-order valence-electron chi connectivity index (χ1n) is 4.72. The molecule has 80 valence electrons. The van der Waals surface area contributed by atoms with Gasteiger partial charge in [-0.15, -0.1) is 0 Å². The van der Waals surface area contributed by atoms with Crippen LogP contribution in [0.4, 0.5) is 11.3 Å². The Morgan fingerprint density at radius 2 is 1.88 bits per heavy atom. The molecule has 0 aliphatic carbocycles. The van der Waals surface area contributed by atoms with Crippen molar-refractivity contribution in [3.8, 4) is 5.75 Å². The molecule has 0 atom stereocenters. The van der Waals surface area contributed by atoms with Crippen molar-refractivity contribution in [2.45, 2.75) is 0 Å². The van der Waals surface area contributed by atoms with E-state index in [0.29, 0.717) is 5.75 Å². The van der Waals surface area contributed by atoms with Crippen LogP contribution >= 0.6 is 22.6 Å². The van der Waals surface area contributed by atoms with Gasteiger partial charge in [-0.25, -0.2) is 0 Å². The Labute approximate surface area is 108 Å². The molecule has 0 saturated carbocycles. The third kappa shape index (κ3) is 2.96. The van der Waals surface area contributed by atoms with Gasteiger partial charge in [0.1, 0.15) is 0 Å². The molecule has 2 N–H and O–H groups in total. The molecular formula is C11H9BINO2. The van der Waals surface area contributed by atoms with Gasteiger partial charge in [0, 0.05) is 0 Å². The fourth-order valence-electron chi connectivity index (χ4n) is 1.30. The summed E-state index contributed by atoms with van der Waals surface area (Å²) in [6.45, 7) is 2.01. The molecule has 2 aromatic rings. The Morgan fingerprint density at radius 3 is 2.44 bits per heavy atom. The Balaban J connectivity index is 2.11. The van der Waals surface area contributed by atoms with Crippen LogP contribution in [0.15, 0.2) is 42.4 Å². The summed E-state index contributed by atoms with van der Waals surface area (Å²) in [5.41, 5.74) is 1.97. The SMILES string of the molecule is OOc1ccc(Nc2bcc(I)cc2)cc1. The topological polar surface area (TPSA) is 41.5 Å². The van der Waals surface area contributed by atoms with Gasteiger partial charge in [-0.3, -0.25) is 0 Å². The number of hydrogen-bond acceptors (Lipinski definition) is 3. The van der Waals surface area contributed by atoms with Crippen LogP contribution in [0.5, 0.6) is 5.75 Å². The normalized spacial score (nSPS) is 9.62. The van der Waals surface area contributed by atoms with Crippen LogP contribution in [0.3, 0.4) is 0 Å². The molecule has 0 bridgehead atoms. The molecule has 0 aliphatic heterocycles. The zero-order chi connectivity index (χ0) is 11.4. The van der Waals surface area contributed by atoms with Gasteiger partial charge in [0.15, 0.2) is 0 Å². The molecule has 2 rings (SSSR count). The van der Waals surface area contributed by atoms with Crippen molar-refractivity contribution in [2.24, 2.45) is 0 Å². The van der Waals surface area contributed by atoms with Crippen molar-refractivity contribution in [1.82, 2.24) is 0 Å². The molecule has 0 amide bonds. The zero-order valence-corrected chi connectivity index (χ0v) is 10.5. The van der Waals surface area contributed by atoms with E-state index in [1.165, 1.54) is 3.57 Å². The number of halogens is 1. The van der Waals surface area contributed by atoms with Crippen molar-refractivity contribution >= 4 is 40.8 Å². The first kappa shape index (κ1) is 11.4. The summed E-state index contributed by atoms with van der Waals surface area (Å²) in [5.74, 6) is 2.46. The number of rotatable bonds is 3. The van der Waals surface area contributed by atoms with Crippen LogP contribution in [-0.2, 0) is 0 Å². The van der Waals surface area contributed by atoms with Gasteiger partial charge in [-0.05, 0) is 0 Å². The van der Waals surface area contributed by atoms with Gasteiger partial charge in [-0.2, -0.15) is 0 Å². The molecule has 3 nitrogen and oxygen atoms in total. The van der Waals surface area contributed by atoms with Crippen molar-refractivity contribution in [2.75, 3.05) is 5.32 Å². The summed E-state index contributed by atoms with van der Waals surface area (Å²) in [6, 6.07) is 11.1. The van der Waals surface area contributed by atoms with E-state index >= 15 is 0 Å². The molecule has 5 heteroatoms. The van der Waals surface area contributed by atoms with Crippen LogP contribution in [0.2, 0.25) is 0 Å². The number of hydrogen-bond donors (Lipinski definition) is 2. The summed E-state index contributed by atoms with van der Waals surface area (Å²) < 4.78 is 1.20. The molecule has 0 radical (unpaired) electrons. The maximum atomic E-state index is 8.43. The Bertz CT molecular complexity index is 458. The maximum absolute atomic E-state index is 8.43. The molecule has 0 unspecified atom stereocenters. The second-order valence-electron chi connectivity index (χ2n) is 3.25. The summed E-state index contributed by atoms with van der Waals surface area (Å²) in [7, 11) is 0. The van der Waals surface area contributed by atoms with Crippen LogP contribution < -0.4 is 10.2 Å². The van der Waals surface area contributed by atoms with Crippen LogP contribution in [0.1, 0.15) is 0 Å². The Hall–Kier alpha value is -1.08. The van der Waals surface area contributed by atoms with Crippen LogP contribution in [-0.4, -0.2) is 12.2 Å². The van der Waals surface area contributed by atoms with E-state index in [2.05, 4.69) is 32.8 Å². The van der Waals surface area contributed by atoms with E-state index in [4.69, 9.17) is 5.26 Å². The second-order valence-corrected chi connectivity index (χ2v) is 4.49. The zero-order valence-electron chi connectivity index (χ0n) is 8.35. The molecule has 1 aromatic heterocycles. The van der Waals surface area contributed by atoms with E-state index in [1.54, 1.807) is 12.1 Å². The summed E-state index contributed by atoms with van der Waals surface area (Å²) in [6.07, 6.45) is 0. The van der Waals surface area contributed by atoms with Gasteiger partial charge in [-0.1, -0.05) is 0 Å². The van der Waals surface area contributed by atoms with E-state index in [9.17, 15) is 0 Å². The minimum atomic E-state index is 0.424. The first-order valence-corrected chi connectivity index (χ1v) is 5.80. The Morgan fingerprint density at radius 1 is 1.12 bits per heavy atom. The van der Waals surface area contributed by atoms with E-state index in [0.717, 1.165) is 11.3 Å². The molecule has 16 heavy (non-hydrogen) atoms. The van der Waals surface area contributed by atoms with Gasteiger partial charge < -0.3 is 0 Å². The van der Waals surface area contributed by atoms with E-state index in [-0.39, 0.29) is 0 Å². The fraction of sp³-hybridized carbons (Fsp3) is 0. The van der Waals surface area contributed by atoms with Gasteiger partial charge in [0.25, 0.3) is 0 Å². The predicted octanol–water partition coefficient (Wildman–Crippen LogP) is 3.22. The monoisotopic (exact) mass is 325 g/mol. The second kappa shape index (κ2) is 5.31. The van der Waals surface area contributed by atoms with Crippen molar-refractivity contribution in [1.29, 1.82) is 0 Å². The number of nitrogens with one attached hydrogen (secondary N) is 1. The van der Waals surface area contributed by atoms with E-state index < -0.39 is 0 Å². The van der Waals surface area contributed by atoms with Gasteiger partial charge >= 0.3 is 108 Å². The van der Waals surface area contributed by atoms with Crippen molar-refractivity contribution in [3.63, 3.8) is 0 Å². The average molecular weight is 325 g/mol. The Kier molecular flexibility index (Phi) is 3.79. The third-order valence-electron chi connectivity index (χ3n) is 2.09. The first-order chi connectivity index (χ1) is 7.78. The standard InChI is InChI=1S/C11H9BINO2/c13-8-1-6-11(12-7-8)14-9-2-4-10(16-15)5-3-9/h1-7,14-15H. The fourth-order valence-corrected chi connectivity index (χ4v) is 1.66. The van der Waals surface area contributed by atoms with E-state index in [1.807, 2.05) is 37.1 Å². The summed E-state index contributed by atoms with van der Waals surface area (Å²) in [5, 5.41) is 11.7. The summed E-state index contributed by atoms with van der Waals surface area (Å²) in [4.78, 5) is 4.11. The van der Waals surface area contributed by atoms with Crippen molar-refractivity contribution in [3.05, 3.63) is 45.9 Å². The average Bonchev–Trinajstić information content (AvgIpc) is 2.33. The van der Waals surface area contributed by atoms with Gasteiger partial charge in [0.2, 0.25) is 0 Å². The summed E-state index contributed by atoms with van der Waals surface area (Å²) >= 11 is 2.26. The van der Waals surface area contributed by atoms with Crippen molar-refractivity contribution < 1.29 is 10.1 Å². The molecule has 0 saturated heterocycles. The number of benzene rings is 1. The van der Waals surface area contributed by atoms with Gasteiger partial charge in [0.05, 0.1) is 0 Å². The molecular weight excluding hydrogens is 316 g/mol. The van der Waals surface area contributed by atoms with Crippen LogP contribution in [0, 0.1) is 3.57 Å². The quantitative estimate of drug-likeness (QED) is 0.517.